The quantitative estimate of drug-likeness (QED) is 0.842. The number of benzene rings is 1. The zero-order chi connectivity index (χ0) is 13.7. The third kappa shape index (κ3) is 2.98. The molecule has 1 fully saturated rings. The fourth-order valence-electron chi connectivity index (χ4n) is 2.28. The van der Waals surface area contributed by atoms with Crippen LogP contribution in [0, 0.1) is 0 Å². The van der Waals surface area contributed by atoms with Gasteiger partial charge in [0, 0.05) is 18.4 Å². The minimum atomic E-state index is -0.806. The SMILES string of the molecule is COC(=O)C1(Nc2cccc(OC)c2)CCCOC1. The molecule has 0 radical (unpaired) electrons. The third-order valence-electron chi connectivity index (χ3n) is 3.27. The van der Waals surface area contributed by atoms with Crippen LogP contribution in [0.15, 0.2) is 24.3 Å². The number of methoxy groups -OCH3 is 2. The number of hydrogen-bond acceptors (Lipinski definition) is 5. The van der Waals surface area contributed by atoms with Crippen molar-refractivity contribution in [3.05, 3.63) is 24.3 Å². The van der Waals surface area contributed by atoms with Crippen molar-refractivity contribution in [3.8, 4) is 5.75 Å². The van der Waals surface area contributed by atoms with Crippen molar-refractivity contribution < 1.29 is 19.0 Å². The van der Waals surface area contributed by atoms with E-state index >= 15 is 0 Å². The lowest BCUT2D eigenvalue weighted by atomic mass is 9.92. The molecule has 2 rings (SSSR count). The average Bonchev–Trinajstić information content (AvgIpc) is 2.47. The van der Waals surface area contributed by atoms with Crippen molar-refractivity contribution in [1.29, 1.82) is 0 Å². The molecule has 1 atom stereocenters. The number of carbonyl (C=O) groups is 1. The Kier molecular flexibility index (Phi) is 4.27. The lowest BCUT2D eigenvalue weighted by Gasteiger charge is -2.35. The second-order valence-electron chi connectivity index (χ2n) is 4.59. The van der Waals surface area contributed by atoms with E-state index < -0.39 is 5.54 Å². The van der Waals surface area contributed by atoms with Crippen LogP contribution in [0.5, 0.6) is 5.75 Å². The van der Waals surface area contributed by atoms with E-state index in [-0.39, 0.29) is 5.97 Å². The zero-order valence-corrected chi connectivity index (χ0v) is 11.3. The summed E-state index contributed by atoms with van der Waals surface area (Å²) in [5.74, 6) is 0.441. The van der Waals surface area contributed by atoms with E-state index in [1.807, 2.05) is 24.3 Å². The van der Waals surface area contributed by atoms with Gasteiger partial charge < -0.3 is 19.5 Å². The van der Waals surface area contributed by atoms with Gasteiger partial charge >= 0.3 is 5.97 Å². The summed E-state index contributed by atoms with van der Waals surface area (Å²) in [5, 5.41) is 3.24. The van der Waals surface area contributed by atoms with E-state index in [1.165, 1.54) is 7.11 Å². The minimum absolute atomic E-state index is 0.296. The van der Waals surface area contributed by atoms with Gasteiger partial charge in [-0.05, 0) is 25.0 Å². The summed E-state index contributed by atoms with van der Waals surface area (Å²) in [6, 6.07) is 7.46. The maximum absolute atomic E-state index is 12.1. The highest BCUT2D eigenvalue weighted by Gasteiger charge is 2.41. The number of nitrogens with one attached hydrogen (secondary N) is 1. The van der Waals surface area contributed by atoms with Crippen LogP contribution in [0.3, 0.4) is 0 Å². The standard InChI is InChI=1S/C14H19NO4/c1-17-12-6-3-5-11(9-12)15-14(13(16)18-2)7-4-8-19-10-14/h3,5-6,9,15H,4,7-8,10H2,1-2H3. The topological polar surface area (TPSA) is 56.8 Å². The van der Waals surface area contributed by atoms with Gasteiger partial charge in [-0.15, -0.1) is 0 Å². The van der Waals surface area contributed by atoms with Crippen LogP contribution in [0.4, 0.5) is 5.69 Å². The van der Waals surface area contributed by atoms with Crippen LogP contribution in [0.25, 0.3) is 0 Å². The van der Waals surface area contributed by atoms with Crippen molar-refractivity contribution in [1.82, 2.24) is 0 Å². The number of rotatable bonds is 4. The molecule has 1 saturated heterocycles. The predicted molar refractivity (Wildman–Crippen MR) is 71.4 cm³/mol. The van der Waals surface area contributed by atoms with Gasteiger partial charge in [-0.3, -0.25) is 0 Å². The fourth-order valence-corrected chi connectivity index (χ4v) is 2.28. The molecule has 1 aliphatic heterocycles. The molecule has 0 saturated carbocycles. The van der Waals surface area contributed by atoms with E-state index in [1.54, 1.807) is 7.11 Å². The van der Waals surface area contributed by atoms with Crippen LogP contribution < -0.4 is 10.1 Å². The molecule has 1 aromatic carbocycles. The summed E-state index contributed by atoms with van der Waals surface area (Å²) in [6.45, 7) is 0.995. The molecule has 1 aliphatic rings. The first-order valence-corrected chi connectivity index (χ1v) is 6.28. The number of anilines is 1. The van der Waals surface area contributed by atoms with Gasteiger partial charge in [0.2, 0.25) is 0 Å². The molecule has 1 heterocycles. The number of hydrogen-bond donors (Lipinski definition) is 1. The molecular weight excluding hydrogens is 246 g/mol. The highest BCUT2D eigenvalue weighted by atomic mass is 16.5. The van der Waals surface area contributed by atoms with Crippen LogP contribution in [-0.4, -0.2) is 38.9 Å². The van der Waals surface area contributed by atoms with Crippen molar-refractivity contribution in [2.45, 2.75) is 18.4 Å². The fraction of sp³-hybridized carbons (Fsp3) is 0.500. The maximum Gasteiger partial charge on any atom is 0.333 e. The molecule has 0 aromatic heterocycles. The Morgan fingerprint density at radius 1 is 1.42 bits per heavy atom. The first-order chi connectivity index (χ1) is 9.20. The van der Waals surface area contributed by atoms with Crippen LogP contribution >= 0.6 is 0 Å². The van der Waals surface area contributed by atoms with Gasteiger partial charge in [0.1, 0.15) is 5.75 Å². The average molecular weight is 265 g/mol. The van der Waals surface area contributed by atoms with Crippen LogP contribution in [0.2, 0.25) is 0 Å². The molecule has 19 heavy (non-hydrogen) atoms. The summed E-state index contributed by atoms with van der Waals surface area (Å²) in [6.07, 6.45) is 1.52. The first kappa shape index (κ1) is 13.7. The van der Waals surface area contributed by atoms with Gasteiger partial charge in [0.25, 0.3) is 0 Å². The van der Waals surface area contributed by atoms with Crippen molar-refractivity contribution >= 4 is 11.7 Å². The Hall–Kier alpha value is -1.75. The number of carbonyl (C=O) groups excluding carboxylic acids is 1. The van der Waals surface area contributed by atoms with E-state index in [0.29, 0.717) is 19.6 Å². The largest absolute Gasteiger partial charge is 0.497 e. The Bertz CT molecular complexity index is 441. The highest BCUT2D eigenvalue weighted by Crippen LogP contribution is 2.27. The molecule has 1 N–H and O–H groups in total. The Morgan fingerprint density at radius 2 is 2.26 bits per heavy atom. The molecule has 5 nitrogen and oxygen atoms in total. The number of esters is 1. The molecule has 0 aliphatic carbocycles. The molecule has 1 aromatic rings. The van der Waals surface area contributed by atoms with Crippen molar-refractivity contribution in [2.75, 3.05) is 32.8 Å². The van der Waals surface area contributed by atoms with Crippen molar-refractivity contribution in [3.63, 3.8) is 0 Å². The van der Waals surface area contributed by atoms with Gasteiger partial charge in [0.05, 0.1) is 20.8 Å². The summed E-state index contributed by atoms with van der Waals surface area (Å²) >= 11 is 0. The van der Waals surface area contributed by atoms with Crippen LogP contribution in [0.1, 0.15) is 12.8 Å². The normalized spacial score (nSPS) is 22.6. The lowest BCUT2D eigenvalue weighted by Crippen LogP contribution is -2.53. The predicted octanol–water partition coefficient (Wildman–Crippen LogP) is 1.83. The monoisotopic (exact) mass is 265 g/mol. The van der Waals surface area contributed by atoms with Gasteiger partial charge in [-0.25, -0.2) is 4.79 Å². The first-order valence-electron chi connectivity index (χ1n) is 6.28. The second-order valence-corrected chi connectivity index (χ2v) is 4.59. The molecule has 104 valence electrons. The molecule has 0 spiro atoms. The zero-order valence-electron chi connectivity index (χ0n) is 11.3. The maximum atomic E-state index is 12.1. The second kappa shape index (κ2) is 5.93. The van der Waals surface area contributed by atoms with Gasteiger partial charge in [-0.1, -0.05) is 6.07 Å². The Labute approximate surface area is 112 Å². The molecule has 5 heteroatoms. The van der Waals surface area contributed by atoms with E-state index in [0.717, 1.165) is 17.9 Å². The Morgan fingerprint density at radius 3 is 2.89 bits per heavy atom. The van der Waals surface area contributed by atoms with Crippen LogP contribution in [-0.2, 0) is 14.3 Å². The summed E-state index contributed by atoms with van der Waals surface area (Å²) in [5.41, 5.74) is 0.00886. The van der Waals surface area contributed by atoms with E-state index in [2.05, 4.69) is 5.32 Å². The molecule has 0 bridgehead atoms. The number of ether oxygens (including phenoxy) is 3. The lowest BCUT2D eigenvalue weighted by molar-refractivity contribution is -0.150. The highest BCUT2D eigenvalue weighted by molar-refractivity contribution is 5.85. The summed E-state index contributed by atoms with van der Waals surface area (Å²) in [4.78, 5) is 12.1. The molecule has 1 unspecified atom stereocenters. The van der Waals surface area contributed by atoms with Crippen molar-refractivity contribution in [2.24, 2.45) is 0 Å². The summed E-state index contributed by atoms with van der Waals surface area (Å²) in [7, 11) is 3.00. The third-order valence-corrected chi connectivity index (χ3v) is 3.27. The smallest absolute Gasteiger partial charge is 0.333 e. The summed E-state index contributed by atoms with van der Waals surface area (Å²) < 4.78 is 15.5. The van der Waals surface area contributed by atoms with Gasteiger partial charge in [0.15, 0.2) is 5.54 Å². The van der Waals surface area contributed by atoms with E-state index in [4.69, 9.17) is 14.2 Å². The molecular formula is C14H19NO4. The van der Waals surface area contributed by atoms with E-state index in [9.17, 15) is 4.79 Å². The van der Waals surface area contributed by atoms with Gasteiger partial charge in [-0.2, -0.15) is 0 Å². The Balaban J connectivity index is 2.21. The minimum Gasteiger partial charge on any atom is -0.497 e. The molecule has 0 amide bonds.